The summed E-state index contributed by atoms with van der Waals surface area (Å²) in [5.41, 5.74) is 0. The third-order valence-corrected chi connectivity index (χ3v) is 1.06. The van der Waals surface area contributed by atoms with Gasteiger partial charge in [-0.1, -0.05) is 27.7 Å². The molecule has 2 N–H and O–H groups in total. The maximum Gasteiger partial charge on any atom is 0.0127 e. The van der Waals surface area contributed by atoms with Gasteiger partial charge in [0.25, 0.3) is 0 Å². The maximum atomic E-state index is 5.37. The molecule has 0 atom stereocenters. The van der Waals surface area contributed by atoms with Crippen LogP contribution in [0.5, 0.6) is 0 Å². The normalized spacial score (nSPS) is 9.60. The van der Waals surface area contributed by atoms with Gasteiger partial charge in [0.2, 0.25) is 0 Å². The lowest BCUT2D eigenvalue weighted by Crippen LogP contribution is -2.27. The number of hydrogen-bond donors (Lipinski definition) is 1. The van der Waals surface area contributed by atoms with Crippen LogP contribution in [0.15, 0.2) is 0 Å². The Hall–Kier alpha value is -0.0800. The fourth-order valence-corrected chi connectivity index (χ4v) is 0.462. The van der Waals surface area contributed by atoms with Gasteiger partial charge < -0.3 is 0 Å². The number of hydrogen-bond acceptors (Lipinski definition) is 2. The van der Waals surface area contributed by atoms with Crippen LogP contribution in [-0.4, -0.2) is 18.6 Å². The molecule has 0 aliphatic rings. The van der Waals surface area contributed by atoms with Crippen molar-refractivity contribution in [1.82, 2.24) is 5.01 Å². The lowest BCUT2D eigenvalue weighted by molar-refractivity contribution is 0.322. The van der Waals surface area contributed by atoms with Crippen LogP contribution in [0.4, 0.5) is 0 Å². The van der Waals surface area contributed by atoms with Crippen LogP contribution in [0.2, 0.25) is 0 Å². The zero-order valence-electron chi connectivity index (χ0n) is 8.02. The minimum atomic E-state index is 0.765. The molecule has 0 fully saturated rings. The van der Waals surface area contributed by atoms with Gasteiger partial charge in [0.05, 0.1) is 0 Å². The Morgan fingerprint density at radius 3 is 1.80 bits per heavy atom. The minimum absolute atomic E-state index is 0.765. The first-order valence-electron chi connectivity index (χ1n) is 4.08. The Labute approximate surface area is 65.4 Å². The largest absolute Gasteiger partial charge is 0.269 e. The molecule has 0 rings (SSSR count). The smallest absolute Gasteiger partial charge is 0.0127 e. The monoisotopic (exact) mass is 146 g/mol. The van der Waals surface area contributed by atoms with Crippen molar-refractivity contribution in [3.8, 4) is 0 Å². The molecular weight excluding hydrogens is 124 g/mol. The van der Waals surface area contributed by atoms with Crippen LogP contribution in [0.3, 0.4) is 0 Å². The summed E-state index contributed by atoms with van der Waals surface area (Å²) in [7, 11) is 1.89. The van der Waals surface area contributed by atoms with Gasteiger partial charge >= 0.3 is 0 Å². The zero-order chi connectivity index (χ0) is 8.57. The molecule has 2 heteroatoms. The molecule has 0 amide bonds. The molecule has 10 heavy (non-hydrogen) atoms. The van der Waals surface area contributed by atoms with Crippen molar-refractivity contribution in [1.29, 1.82) is 0 Å². The first-order valence-corrected chi connectivity index (χ1v) is 4.08. The van der Waals surface area contributed by atoms with Gasteiger partial charge in [-0.05, 0) is 12.3 Å². The van der Waals surface area contributed by atoms with E-state index in [-0.39, 0.29) is 0 Å². The lowest BCUT2D eigenvalue weighted by Gasteiger charge is -2.09. The van der Waals surface area contributed by atoms with Crippen molar-refractivity contribution in [3.63, 3.8) is 0 Å². The van der Waals surface area contributed by atoms with E-state index in [0.717, 1.165) is 12.5 Å². The molecule has 0 aromatic rings. The van der Waals surface area contributed by atoms with Crippen LogP contribution in [0.25, 0.3) is 0 Å². The highest BCUT2D eigenvalue weighted by atomic mass is 15.4. The van der Waals surface area contributed by atoms with E-state index in [0.29, 0.717) is 0 Å². The van der Waals surface area contributed by atoms with Crippen LogP contribution >= 0.6 is 0 Å². The summed E-state index contributed by atoms with van der Waals surface area (Å²) in [6, 6.07) is 0. The SMILES string of the molecule is CC.CC(C)CCN(C)N. The summed E-state index contributed by atoms with van der Waals surface area (Å²) in [6.45, 7) is 9.39. The molecule has 0 spiro atoms. The fourth-order valence-electron chi connectivity index (χ4n) is 0.462. The fraction of sp³-hybridized carbons (Fsp3) is 1.00. The van der Waals surface area contributed by atoms with E-state index in [1.807, 2.05) is 20.9 Å². The first kappa shape index (κ1) is 12.6. The van der Waals surface area contributed by atoms with Crippen LogP contribution < -0.4 is 5.84 Å². The van der Waals surface area contributed by atoms with E-state index in [4.69, 9.17) is 5.84 Å². The Morgan fingerprint density at radius 1 is 1.30 bits per heavy atom. The van der Waals surface area contributed by atoms with Crippen molar-refractivity contribution in [2.45, 2.75) is 34.1 Å². The Kier molecular flexibility index (Phi) is 11.2. The maximum absolute atomic E-state index is 5.37. The van der Waals surface area contributed by atoms with Crippen LogP contribution in [0.1, 0.15) is 34.1 Å². The van der Waals surface area contributed by atoms with Gasteiger partial charge in [-0.15, -0.1) is 0 Å². The van der Waals surface area contributed by atoms with E-state index >= 15 is 0 Å². The van der Waals surface area contributed by atoms with E-state index in [1.165, 1.54) is 6.42 Å². The number of rotatable bonds is 3. The lowest BCUT2D eigenvalue weighted by atomic mass is 10.1. The van der Waals surface area contributed by atoms with Gasteiger partial charge in [0.1, 0.15) is 0 Å². The molecule has 0 saturated heterocycles. The minimum Gasteiger partial charge on any atom is -0.269 e. The molecule has 2 nitrogen and oxygen atoms in total. The first-order chi connectivity index (χ1) is 4.63. The Morgan fingerprint density at radius 2 is 1.70 bits per heavy atom. The summed E-state index contributed by atoms with van der Waals surface area (Å²) in [6.07, 6.45) is 1.19. The number of nitrogens with zero attached hydrogens (tertiary/aromatic N) is 1. The van der Waals surface area contributed by atoms with Gasteiger partial charge in [-0.2, -0.15) is 0 Å². The van der Waals surface area contributed by atoms with Gasteiger partial charge in [-0.3, -0.25) is 10.9 Å². The van der Waals surface area contributed by atoms with Crippen LogP contribution in [0, 0.1) is 5.92 Å². The van der Waals surface area contributed by atoms with E-state index < -0.39 is 0 Å². The Balaban J connectivity index is 0. The van der Waals surface area contributed by atoms with Crippen molar-refractivity contribution >= 4 is 0 Å². The van der Waals surface area contributed by atoms with Crippen molar-refractivity contribution in [2.24, 2.45) is 11.8 Å². The Bertz CT molecular complexity index is 43.2. The molecule has 64 valence electrons. The molecule has 0 aromatic carbocycles. The summed E-state index contributed by atoms with van der Waals surface area (Å²) in [5, 5.41) is 1.72. The van der Waals surface area contributed by atoms with Gasteiger partial charge in [0.15, 0.2) is 0 Å². The second-order valence-electron chi connectivity index (χ2n) is 2.66. The highest BCUT2D eigenvalue weighted by molar-refractivity contribution is 4.46. The standard InChI is InChI=1S/C6H16N2.C2H6/c1-6(2)4-5-8(3)7;1-2/h6H,4-5,7H2,1-3H3;1-2H3. The highest BCUT2D eigenvalue weighted by Gasteiger charge is 1.93. The third-order valence-electron chi connectivity index (χ3n) is 1.06. The van der Waals surface area contributed by atoms with Crippen LogP contribution in [-0.2, 0) is 0 Å². The second-order valence-corrected chi connectivity index (χ2v) is 2.66. The summed E-state index contributed by atoms with van der Waals surface area (Å²) >= 11 is 0. The molecule has 0 unspecified atom stereocenters. The molecule has 0 aromatic heterocycles. The molecule has 0 bridgehead atoms. The summed E-state index contributed by atoms with van der Waals surface area (Å²) in [5.74, 6) is 6.14. The molecule has 0 saturated carbocycles. The predicted molar refractivity (Wildman–Crippen MR) is 47.6 cm³/mol. The van der Waals surface area contributed by atoms with Crippen molar-refractivity contribution in [2.75, 3.05) is 13.6 Å². The average Bonchev–Trinajstić information content (AvgIpc) is 1.89. The molecular formula is C8H22N2. The topological polar surface area (TPSA) is 29.3 Å². The second kappa shape index (κ2) is 8.92. The molecule has 0 aliphatic heterocycles. The van der Waals surface area contributed by atoms with Gasteiger partial charge in [-0.25, -0.2) is 0 Å². The van der Waals surface area contributed by atoms with Crippen molar-refractivity contribution < 1.29 is 0 Å². The predicted octanol–water partition coefficient (Wildman–Crippen LogP) is 1.86. The van der Waals surface area contributed by atoms with Gasteiger partial charge in [0, 0.05) is 13.6 Å². The molecule has 0 heterocycles. The third kappa shape index (κ3) is 15.7. The number of nitrogens with two attached hydrogens (primary N) is 1. The highest BCUT2D eigenvalue weighted by Crippen LogP contribution is 1.97. The molecule has 0 aliphatic carbocycles. The average molecular weight is 146 g/mol. The molecule has 0 radical (unpaired) electrons. The summed E-state index contributed by atoms with van der Waals surface area (Å²) < 4.78 is 0. The number of hydrazine groups is 1. The zero-order valence-corrected chi connectivity index (χ0v) is 8.02. The summed E-state index contributed by atoms with van der Waals surface area (Å²) in [4.78, 5) is 0. The van der Waals surface area contributed by atoms with E-state index in [9.17, 15) is 0 Å². The van der Waals surface area contributed by atoms with Crippen molar-refractivity contribution in [3.05, 3.63) is 0 Å². The quantitative estimate of drug-likeness (QED) is 0.486. The van der Waals surface area contributed by atoms with E-state index in [2.05, 4.69) is 13.8 Å². The van der Waals surface area contributed by atoms with E-state index in [1.54, 1.807) is 5.01 Å².